The Hall–Kier alpha value is -4.20. The molecule has 8 heteroatoms. The quantitative estimate of drug-likeness (QED) is 0.249. The summed E-state index contributed by atoms with van der Waals surface area (Å²) in [6.07, 6.45) is 2.64. The minimum atomic E-state index is -1.39. The third kappa shape index (κ3) is 8.23. The largest absolute Gasteiger partial charge is 0.494 e. The lowest BCUT2D eigenvalue weighted by atomic mass is 10.1. The van der Waals surface area contributed by atoms with Crippen LogP contribution in [-0.2, 0) is 0 Å². The normalized spacial score (nSPS) is 10.4. The van der Waals surface area contributed by atoms with Crippen LogP contribution in [0.15, 0.2) is 72.8 Å². The summed E-state index contributed by atoms with van der Waals surface area (Å²) in [7, 11) is 0. The molecule has 0 radical (unpaired) electrons. The molecule has 36 heavy (non-hydrogen) atoms. The van der Waals surface area contributed by atoms with Crippen molar-refractivity contribution in [2.75, 3.05) is 26.4 Å². The number of carboxylic acid groups (broad SMARTS) is 2. The van der Waals surface area contributed by atoms with Crippen LogP contribution in [0.2, 0.25) is 0 Å². The van der Waals surface area contributed by atoms with Crippen molar-refractivity contribution in [1.29, 1.82) is 0 Å². The van der Waals surface area contributed by atoms with Gasteiger partial charge in [-0.15, -0.1) is 0 Å². The van der Waals surface area contributed by atoms with E-state index in [-0.39, 0.29) is 23.7 Å². The number of hydrogen-bond acceptors (Lipinski definition) is 6. The van der Waals surface area contributed by atoms with Crippen LogP contribution in [0.1, 0.15) is 46.4 Å². The Labute approximate surface area is 210 Å². The average Bonchev–Trinajstić information content (AvgIpc) is 2.89. The first-order valence-electron chi connectivity index (χ1n) is 11.8. The third-order valence-electron chi connectivity index (χ3n) is 5.17. The molecule has 3 aromatic rings. The number of carbonyl (C=O) groups is 2. The second kappa shape index (κ2) is 14.3. The lowest BCUT2D eigenvalue weighted by Crippen LogP contribution is -2.14. The average molecular weight is 495 g/mol. The molecule has 0 aliphatic carbocycles. The molecular weight excluding hydrogens is 464 g/mol. The minimum Gasteiger partial charge on any atom is -0.494 e. The molecule has 0 aliphatic heterocycles. The Morgan fingerprint density at radius 2 is 1.03 bits per heavy atom. The summed E-state index contributed by atoms with van der Waals surface area (Å²) in [6.45, 7) is 1.47. The number of benzene rings is 3. The molecule has 8 nitrogen and oxygen atoms in total. The summed E-state index contributed by atoms with van der Waals surface area (Å²) < 4.78 is 22.8. The second-order valence-electron chi connectivity index (χ2n) is 7.86. The summed E-state index contributed by atoms with van der Waals surface area (Å²) >= 11 is 0. The zero-order valence-corrected chi connectivity index (χ0v) is 19.9. The van der Waals surface area contributed by atoms with Crippen LogP contribution < -0.4 is 18.9 Å². The van der Waals surface area contributed by atoms with Gasteiger partial charge in [0, 0.05) is 0 Å². The molecule has 0 heterocycles. The van der Waals surface area contributed by atoms with Crippen LogP contribution in [0.5, 0.6) is 23.0 Å². The molecular formula is C28H30O8. The van der Waals surface area contributed by atoms with Crippen molar-refractivity contribution in [2.45, 2.75) is 25.7 Å². The highest BCUT2D eigenvalue weighted by molar-refractivity contribution is 6.04. The fourth-order valence-corrected chi connectivity index (χ4v) is 3.39. The Kier molecular flexibility index (Phi) is 10.5. The molecule has 3 aromatic carbocycles. The van der Waals surface area contributed by atoms with Crippen LogP contribution >= 0.6 is 0 Å². The van der Waals surface area contributed by atoms with E-state index in [9.17, 15) is 19.8 Å². The number of rotatable bonds is 16. The number of ether oxygens (including phenoxy) is 4. The van der Waals surface area contributed by atoms with Gasteiger partial charge in [-0.05, 0) is 62.1 Å². The summed E-state index contributed by atoms with van der Waals surface area (Å²) in [5.74, 6) is -1.06. The monoisotopic (exact) mass is 494 g/mol. The Morgan fingerprint density at radius 3 is 1.50 bits per heavy atom. The van der Waals surface area contributed by atoms with Gasteiger partial charge < -0.3 is 29.2 Å². The number of unbranched alkanes of at least 4 members (excludes halogenated alkanes) is 2. The van der Waals surface area contributed by atoms with E-state index >= 15 is 0 Å². The van der Waals surface area contributed by atoms with Crippen LogP contribution in [-0.4, -0.2) is 48.6 Å². The van der Waals surface area contributed by atoms with Gasteiger partial charge in [0.25, 0.3) is 0 Å². The molecule has 0 bridgehead atoms. The highest BCUT2D eigenvalue weighted by Crippen LogP contribution is 2.34. The van der Waals surface area contributed by atoms with Crippen molar-refractivity contribution in [3.05, 3.63) is 83.9 Å². The van der Waals surface area contributed by atoms with Gasteiger partial charge in [0.2, 0.25) is 0 Å². The van der Waals surface area contributed by atoms with Crippen molar-refractivity contribution in [1.82, 2.24) is 0 Å². The van der Waals surface area contributed by atoms with Crippen molar-refractivity contribution >= 4 is 11.9 Å². The Balaban J connectivity index is 1.53. The van der Waals surface area contributed by atoms with E-state index in [1.807, 2.05) is 60.7 Å². The first-order valence-corrected chi connectivity index (χ1v) is 11.8. The molecule has 2 N–H and O–H groups in total. The summed E-state index contributed by atoms with van der Waals surface area (Å²) in [6, 6.07) is 21.5. The van der Waals surface area contributed by atoms with Crippen LogP contribution in [0.3, 0.4) is 0 Å². The smallest absolute Gasteiger partial charge is 0.340 e. The molecule has 0 unspecified atom stereocenters. The maximum absolute atomic E-state index is 11.9. The van der Waals surface area contributed by atoms with E-state index in [2.05, 4.69) is 0 Å². The van der Waals surface area contributed by atoms with Gasteiger partial charge in [-0.25, -0.2) is 9.59 Å². The first kappa shape index (κ1) is 26.4. The predicted molar refractivity (Wildman–Crippen MR) is 134 cm³/mol. The topological polar surface area (TPSA) is 112 Å². The third-order valence-corrected chi connectivity index (χ3v) is 5.17. The van der Waals surface area contributed by atoms with Crippen molar-refractivity contribution in [3.63, 3.8) is 0 Å². The number of hydrogen-bond donors (Lipinski definition) is 2. The van der Waals surface area contributed by atoms with Gasteiger partial charge in [-0.1, -0.05) is 36.4 Å². The predicted octanol–water partition coefficient (Wildman–Crippen LogP) is 5.56. The highest BCUT2D eigenvalue weighted by atomic mass is 16.5. The minimum absolute atomic E-state index is 0.0769. The van der Waals surface area contributed by atoms with Gasteiger partial charge in [0.15, 0.2) is 11.5 Å². The fraction of sp³-hybridized carbons (Fsp3) is 0.286. The van der Waals surface area contributed by atoms with E-state index in [0.29, 0.717) is 39.1 Å². The van der Waals surface area contributed by atoms with E-state index < -0.39 is 17.5 Å². The molecule has 3 rings (SSSR count). The van der Waals surface area contributed by atoms with Crippen molar-refractivity contribution in [2.24, 2.45) is 0 Å². The van der Waals surface area contributed by atoms with Crippen molar-refractivity contribution < 1.29 is 38.7 Å². The summed E-state index contributed by atoms with van der Waals surface area (Å²) in [5, 5.41) is 19.2. The van der Waals surface area contributed by atoms with Crippen molar-refractivity contribution in [3.8, 4) is 23.0 Å². The van der Waals surface area contributed by atoms with Gasteiger partial charge in [0.1, 0.15) is 17.1 Å². The maximum Gasteiger partial charge on any atom is 0.340 e. The van der Waals surface area contributed by atoms with Crippen LogP contribution in [0.25, 0.3) is 0 Å². The number of para-hydroxylation sites is 2. The fourth-order valence-electron chi connectivity index (χ4n) is 3.39. The van der Waals surface area contributed by atoms with E-state index in [0.717, 1.165) is 17.9 Å². The maximum atomic E-state index is 11.9. The standard InChI is InChI=1S/C28H30O8/c29-27(30)23-15-16-24(35-19-9-7-17-33-21-11-3-1-4-12-21)26(25(23)28(31)32)36-20-10-8-18-34-22-13-5-2-6-14-22/h1-6,11-16H,7-10,17-20H2,(H,29,30)(H,31,32). The van der Waals surface area contributed by atoms with E-state index in [1.54, 1.807) is 0 Å². The number of carboxylic acids is 2. The van der Waals surface area contributed by atoms with E-state index in [4.69, 9.17) is 18.9 Å². The molecule has 190 valence electrons. The van der Waals surface area contributed by atoms with Gasteiger partial charge in [0.05, 0.1) is 32.0 Å². The molecule has 0 fully saturated rings. The second-order valence-corrected chi connectivity index (χ2v) is 7.86. The van der Waals surface area contributed by atoms with Gasteiger partial charge in [-0.3, -0.25) is 0 Å². The zero-order valence-electron chi connectivity index (χ0n) is 19.9. The molecule has 0 saturated heterocycles. The molecule has 0 saturated carbocycles. The lowest BCUT2D eigenvalue weighted by Gasteiger charge is -2.16. The molecule has 0 aliphatic rings. The van der Waals surface area contributed by atoms with Gasteiger partial charge in [-0.2, -0.15) is 0 Å². The Morgan fingerprint density at radius 1 is 0.556 bits per heavy atom. The lowest BCUT2D eigenvalue weighted by molar-refractivity contribution is 0.0646. The van der Waals surface area contributed by atoms with E-state index in [1.165, 1.54) is 12.1 Å². The highest BCUT2D eigenvalue weighted by Gasteiger charge is 2.25. The Bertz CT molecular complexity index is 1100. The molecule has 0 amide bonds. The molecule has 0 spiro atoms. The zero-order chi connectivity index (χ0) is 25.6. The molecule has 0 aromatic heterocycles. The number of aromatic carboxylic acids is 2. The SMILES string of the molecule is O=C(O)c1ccc(OCCCCOc2ccccc2)c(OCCCCOc2ccccc2)c1C(=O)O. The van der Waals surface area contributed by atoms with Gasteiger partial charge >= 0.3 is 11.9 Å². The summed E-state index contributed by atoms with van der Waals surface area (Å²) in [4.78, 5) is 23.5. The van der Waals surface area contributed by atoms with Crippen LogP contribution in [0.4, 0.5) is 0 Å². The summed E-state index contributed by atoms with van der Waals surface area (Å²) in [5.41, 5.74) is -0.776. The molecule has 0 atom stereocenters. The van der Waals surface area contributed by atoms with Crippen LogP contribution in [0, 0.1) is 0 Å². The first-order chi connectivity index (χ1) is 17.6.